The molecule has 0 aliphatic rings. The summed E-state index contributed by atoms with van der Waals surface area (Å²) >= 11 is 10.2. The minimum absolute atomic E-state index is 0.134. The molecule has 0 aliphatic heterocycles. The van der Waals surface area contributed by atoms with Crippen LogP contribution in [0.5, 0.6) is 5.75 Å². The van der Waals surface area contributed by atoms with E-state index in [1.165, 1.54) is 34.4 Å². The minimum atomic E-state index is -0.294. The molecule has 2 aromatic heterocycles. The van der Waals surface area contributed by atoms with E-state index in [-0.39, 0.29) is 24.2 Å². The number of benzene rings is 2. The average molecular weight is 491 g/mol. The van der Waals surface area contributed by atoms with E-state index in [0.29, 0.717) is 21.6 Å². The fourth-order valence-corrected chi connectivity index (χ4v) is 5.16. The molecule has 0 aliphatic carbocycles. The number of nitrogens with one attached hydrogen (secondary N) is 2. The predicted molar refractivity (Wildman–Crippen MR) is 127 cm³/mol. The van der Waals surface area contributed by atoms with Gasteiger partial charge in [0.25, 0.3) is 5.91 Å². The van der Waals surface area contributed by atoms with Gasteiger partial charge in [-0.1, -0.05) is 35.5 Å². The highest BCUT2D eigenvalue weighted by Crippen LogP contribution is 2.31. The lowest BCUT2D eigenvalue weighted by atomic mass is 10.3. The second-order valence-corrected chi connectivity index (χ2v) is 9.66. The van der Waals surface area contributed by atoms with Crippen molar-refractivity contribution in [1.82, 2.24) is 9.97 Å². The summed E-state index contributed by atoms with van der Waals surface area (Å²) in [7, 11) is 0. The van der Waals surface area contributed by atoms with Crippen LogP contribution in [0, 0.1) is 0 Å². The van der Waals surface area contributed by atoms with E-state index in [4.69, 9.17) is 16.3 Å². The SMILES string of the molecule is O=C(COc1ccccc1Cl)Nc1ccc2nc(SCC(=O)Nc3nccs3)sc2c1. The number of halogens is 1. The fourth-order valence-electron chi connectivity index (χ4n) is 2.51. The molecule has 11 heteroatoms. The summed E-state index contributed by atoms with van der Waals surface area (Å²) in [6.07, 6.45) is 1.64. The van der Waals surface area contributed by atoms with Crippen molar-refractivity contribution in [3.8, 4) is 5.75 Å². The van der Waals surface area contributed by atoms with E-state index in [9.17, 15) is 9.59 Å². The summed E-state index contributed by atoms with van der Waals surface area (Å²) in [5.41, 5.74) is 1.44. The lowest BCUT2D eigenvalue weighted by Gasteiger charge is -2.08. The van der Waals surface area contributed by atoms with Crippen LogP contribution >= 0.6 is 46.0 Å². The maximum atomic E-state index is 12.2. The summed E-state index contributed by atoms with van der Waals surface area (Å²) in [5, 5.41) is 8.37. The van der Waals surface area contributed by atoms with Crippen LogP contribution in [0.1, 0.15) is 0 Å². The van der Waals surface area contributed by atoms with Gasteiger partial charge in [0, 0.05) is 17.3 Å². The number of hydrogen-bond acceptors (Lipinski definition) is 8. The zero-order valence-electron chi connectivity index (χ0n) is 15.8. The molecule has 158 valence electrons. The Labute approximate surface area is 194 Å². The van der Waals surface area contributed by atoms with E-state index in [1.54, 1.807) is 41.9 Å². The molecule has 0 radical (unpaired) electrons. The Morgan fingerprint density at radius 2 is 2.00 bits per heavy atom. The van der Waals surface area contributed by atoms with Gasteiger partial charge >= 0.3 is 0 Å². The first-order valence-electron chi connectivity index (χ1n) is 8.97. The molecule has 0 spiro atoms. The number of thioether (sulfide) groups is 1. The Kier molecular flexibility index (Phi) is 7.03. The maximum absolute atomic E-state index is 12.2. The van der Waals surface area contributed by atoms with Crippen molar-refractivity contribution in [3.63, 3.8) is 0 Å². The number of rotatable bonds is 8. The van der Waals surface area contributed by atoms with E-state index >= 15 is 0 Å². The van der Waals surface area contributed by atoms with Gasteiger partial charge in [0.15, 0.2) is 16.1 Å². The summed E-state index contributed by atoms with van der Waals surface area (Å²) in [6, 6.07) is 12.4. The number of ether oxygens (including phenoxy) is 1. The minimum Gasteiger partial charge on any atom is -0.482 e. The molecule has 0 fully saturated rings. The van der Waals surface area contributed by atoms with Crippen molar-refractivity contribution >= 4 is 78.9 Å². The lowest BCUT2D eigenvalue weighted by molar-refractivity contribution is -0.118. The smallest absolute Gasteiger partial charge is 0.262 e. The summed E-state index contributed by atoms with van der Waals surface area (Å²) in [5.74, 6) is 0.267. The van der Waals surface area contributed by atoms with E-state index in [0.717, 1.165) is 14.6 Å². The first-order valence-corrected chi connectivity index (χ1v) is 12.0. The molecule has 0 bridgehead atoms. The molecule has 0 saturated carbocycles. The summed E-state index contributed by atoms with van der Waals surface area (Å²) < 4.78 is 7.14. The van der Waals surface area contributed by atoms with Gasteiger partial charge in [0.1, 0.15) is 5.75 Å². The third-order valence-corrected chi connectivity index (χ3v) is 7.02. The van der Waals surface area contributed by atoms with Crippen molar-refractivity contribution in [2.45, 2.75) is 4.34 Å². The molecule has 31 heavy (non-hydrogen) atoms. The van der Waals surface area contributed by atoms with E-state index in [1.807, 2.05) is 12.1 Å². The van der Waals surface area contributed by atoms with Crippen LogP contribution in [0.2, 0.25) is 5.02 Å². The number of amides is 2. The molecule has 7 nitrogen and oxygen atoms in total. The van der Waals surface area contributed by atoms with Gasteiger partial charge in [0.05, 0.1) is 21.0 Å². The second-order valence-electron chi connectivity index (χ2n) is 6.10. The summed E-state index contributed by atoms with van der Waals surface area (Å²) in [6.45, 7) is -0.153. The number of fused-ring (bicyclic) bond motifs is 1. The number of anilines is 2. The molecule has 0 atom stereocenters. The number of hydrogen-bond donors (Lipinski definition) is 2. The quantitative estimate of drug-likeness (QED) is 0.331. The van der Waals surface area contributed by atoms with Crippen LogP contribution in [-0.4, -0.2) is 34.1 Å². The molecule has 2 N–H and O–H groups in total. The Balaban J connectivity index is 1.32. The Morgan fingerprint density at radius 3 is 2.81 bits per heavy atom. The van der Waals surface area contributed by atoms with Crippen molar-refractivity contribution in [3.05, 3.63) is 59.1 Å². The van der Waals surface area contributed by atoms with Gasteiger partial charge in [-0.2, -0.15) is 0 Å². The molecular weight excluding hydrogens is 476 g/mol. The van der Waals surface area contributed by atoms with E-state index < -0.39 is 0 Å². The number of carbonyl (C=O) groups is 2. The largest absolute Gasteiger partial charge is 0.482 e. The van der Waals surface area contributed by atoms with Crippen LogP contribution in [0.15, 0.2) is 58.4 Å². The van der Waals surface area contributed by atoms with Gasteiger partial charge in [-0.3, -0.25) is 9.59 Å². The third-order valence-electron chi connectivity index (χ3n) is 3.85. The van der Waals surface area contributed by atoms with Crippen LogP contribution in [0.4, 0.5) is 10.8 Å². The van der Waals surface area contributed by atoms with E-state index in [2.05, 4.69) is 20.6 Å². The number of aromatic nitrogens is 2. The highest BCUT2D eigenvalue weighted by molar-refractivity contribution is 8.01. The summed E-state index contributed by atoms with van der Waals surface area (Å²) in [4.78, 5) is 32.8. The predicted octanol–water partition coefficient (Wildman–Crippen LogP) is 5.15. The molecule has 2 amide bonds. The standard InChI is InChI=1S/C20H15ClN4O3S3/c21-13-3-1-2-4-15(13)28-10-17(26)23-12-5-6-14-16(9-12)31-20(24-14)30-11-18(27)25-19-22-7-8-29-19/h1-9H,10-11H2,(H,23,26)(H,22,25,27). The molecule has 4 aromatic rings. The van der Waals surface area contributed by atoms with Crippen LogP contribution in [-0.2, 0) is 9.59 Å². The van der Waals surface area contributed by atoms with Crippen LogP contribution in [0.25, 0.3) is 10.2 Å². The van der Waals surface area contributed by atoms with Crippen molar-refractivity contribution in [2.75, 3.05) is 23.0 Å². The van der Waals surface area contributed by atoms with Crippen LogP contribution in [0.3, 0.4) is 0 Å². The van der Waals surface area contributed by atoms with Crippen molar-refractivity contribution in [2.24, 2.45) is 0 Å². The number of thiazole rings is 2. The number of carbonyl (C=O) groups excluding carboxylic acids is 2. The maximum Gasteiger partial charge on any atom is 0.262 e. The zero-order chi connectivity index (χ0) is 21.6. The first kappa shape index (κ1) is 21.6. The average Bonchev–Trinajstić information content (AvgIpc) is 3.41. The molecule has 2 aromatic carbocycles. The van der Waals surface area contributed by atoms with Gasteiger partial charge < -0.3 is 15.4 Å². The fraction of sp³-hybridized carbons (Fsp3) is 0.100. The Bertz CT molecular complexity index is 1210. The first-order chi connectivity index (χ1) is 15.1. The Hall–Kier alpha value is -2.66. The molecule has 4 rings (SSSR count). The highest BCUT2D eigenvalue weighted by Gasteiger charge is 2.11. The van der Waals surface area contributed by atoms with Gasteiger partial charge in [-0.15, -0.1) is 22.7 Å². The third kappa shape index (κ3) is 5.95. The lowest BCUT2D eigenvalue weighted by Crippen LogP contribution is -2.20. The molecule has 2 heterocycles. The van der Waals surface area contributed by atoms with Crippen LogP contribution < -0.4 is 15.4 Å². The number of para-hydroxylation sites is 1. The van der Waals surface area contributed by atoms with Crippen molar-refractivity contribution < 1.29 is 14.3 Å². The molecule has 0 unspecified atom stereocenters. The normalized spacial score (nSPS) is 10.7. The Morgan fingerprint density at radius 1 is 1.13 bits per heavy atom. The monoisotopic (exact) mass is 490 g/mol. The van der Waals surface area contributed by atoms with Gasteiger partial charge in [0.2, 0.25) is 5.91 Å². The second kappa shape index (κ2) is 10.1. The molecular formula is C20H15ClN4O3S3. The van der Waals surface area contributed by atoms with Crippen molar-refractivity contribution in [1.29, 1.82) is 0 Å². The van der Waals surface area contributed by atoms with Gasteiger partial charge in [-0.25, -0.2) is 9.97 Å². The topological polar surface area (TPSA) is 93.2 Å². The number of nitrogens with zero attached hydrogens (tertiary/aromatic N) is 2. The van der Waals surface area contributed by atoms with Gasteiger partial charge in [-0.05, 0) is 30.3 Å². The highest BCUT2D eigenvalue weighted by atomic mass is 35.5. The molecule has 0 saturated heterocycles. The zero-order valence-corrected chi connectivity index (χ0v) is 19.0.